The van der Waals surface area contributed by atoms with Gasteiger partial charge in [0.1, 0.15) is 24.2 Å². The number of anilines is 1. The van der Waals surface area contributed by atoms with Crippen molar-refractivity contribution in [3.63, 3.8) is 0 Å². The van der Waals surface area contributed by atoms with Crippen molar-refractivity contribution >= 4 is 51.7 Å². The number of carbonyl (C=O) groups is 3. The van der Waals surface area contributed by atoms with E-state index in [1.807, 2.05) is 27.2 Å². The molecule has 3 rings (SSSR count). The van der Waals surface area contributed by atoms with E-state index in [9.17, 15) is 19.5 Å². The van der Waals surface area contributed by atoms with Crippen molar-refractivity contribution in [2.45, 2.75) is 11.4 Å². The van der Waals surface area contributed by atoms with E-state index in [1.165, 1.54) is 18.9 Å². The highest BCUT2D eigenvalue weighted by atomic mass is 32.2. The first kappa shape index (κ1) is 23.8. The Balaban J connectivity index is 1.78. The zero-order chi connectivity index (χ0) is 23.6. The van der Waals surface area contributed by atoms with Gasteiger partial charge in [-0.15, -0.1) is 23.1 Å². The summed E-state index contributed by atoms with van der Waals surface area (Å²) in [7, 11) is 7.31. The number of hydrogen-bond donors (Lipinski definition) is 2. The molecular formula is C19H24N6O5S2. The van der Waals surface area contributed by atoms with E-state index in [1.54, 1.807) is 11.5 Å². The molecule has 0 radical (unpaired) electrons. The predicted molar refractivity (Wildman–Crippen MR) is 119 cm³/mol. The molecule has 172 valence electrons. The summed E-state index contributed by atoms with van der Waals surface area (Å²) in [6.45, 7) is 0.688. The summed E-state index contributed by atoms with van der Waals surface area (Å²) < 4.78 is 0.674. The number of nitrogen functional groups attached to an aromatic ring is 1. The molecule has 3 heterocycles. The van der Waals surface area contributed by atoms with E-state index in [0.717, 1.165) is 16.2 Å². The van der Waals surface area contributed by atoms with Gasteiger partial charge >= 0.3 is 0 Å². The highest BCUT2D eigenvalue weighted by molar-refractivity contribution is 8.00. The number of thioether (sulfide) groups is 1. The SMILES string of the molecule is CO/N=C(\C(=O)NC1C(=O)N2C(C(=O)[O-])=C(/C=C/C[N+](C)(C)C)CS[C@H]12)c1csc(N)n1. The topological polar surface area (TPSA) is 150 Å². The Morgan fingerprint density at radius 1 is 1.47 bits per heavy atom. The van der Waals surface area contributed by atoms with Crippen molar-refractivity contribution in [2.24, 2.45) is 5.16 Å². The number of hydrogen-bond acceptors (Lipinski definition) is 10. The molecular weight excluding hydrogens is 456 g/mol. The Bertz CT molecular complexity index is 1030. The van der Waals surface area contributed by atoms with Crippen molar-refractivity contribution in [1.82, 2.24) is 15.2 Å². The average Bonchev–Trinajstić information content (AvgIpc) is 3.14. The second-order valence-electron chi connectivity index (χ2n) is 8.09. The van der Waals surface area contributed by atoms with Crippen LogP contribution in [0.25, 0.3) is 0 Å². The minimum absolute atomic E-state index is 0.132. The van der Waals surface area contributed by atoms with Crippen LogP contribution in [0.5, 0.6) is 0 Å². The molecule has 1 aromatic rings. The van der Waals surface area contributed by atoms with E-state index < -0.39 is 29.2 Å². The number of oxime groups is 1. The number of thiazole rings is 1. The molecule has 2 amide bonds. The summed E-state index contributed by atoms with van der Waals surface area (Å²) in [5, 5.41) is 19.3. The summed E-state index contributed by atoms with van der Waals surface area (Å²) in [5.74, 6) is -2.29. The van der Waals surface area contributed by atoms with Crippen LogP contribution in [0.15, 0.2) is 34.0 Å². The number of quaternary nitrogens is 1. The predicted octanol–water partition coefficient (Wildman–Crippen LogP) is -1.26. The van der Waals surface area contributed by atoms with E-state index in [0.29, 0.717) is 22.4 Å². The molecule has 0 aromatic carbocycles. The highest BCUT2D eigenvalue weighted by Crippen LogP contribution is 2.40. The third kappa shape index (κ3) is 4.95. The lowest BCUT2D eigenvalue weighted by Gasteiger charge is -2.50. The van der Waals surface area contributed by atoms with Crippen LogP contribution in [0.3, 0.4) is 0 Å². The lowest BCUT2D eigenvalue weighted by Crippen LogP contribution is -2.71. The van der Waals surface area contributed by atoms with Crippen LogP contribution in [-0.2, 0) is 19.2 Å². The molecule has 2 aliphatic rings. The smallest absolute Gasteiger partial charge is 0.276 e. The molecule has 1 unspecified atom stereocenters. The maximum absolute atomic E-state index is 12.8. The fourth-order valence-corrected chi connectivity index (χ4v) is 5.04. The van der Waals surface area contributed by atoms with Gasteiger partial charge in [0.15, 0.2) is 10.8 Å². The van der Waals surface area contributed by atoms with Crippen LogP contribution in [0.4, 0.5) is 5.13 Å². The number of likely N-dealkylation sites (N-methyl/N-ethyl adjacent to an activating group) is 1. The summed E-state index contributed by atoms with van der Waals surface area (Å²) in [5.41, 5.74) is 6.03. The molecule has 0 bridgehead atoms. The number of fused-ring (bicyclic) bond motifs is 1. The maximum Gasteiger partial charge on any atom is 0.276 e. The number of carboxylic acids is 1. The molecule has 1 fully saturated rings. The van der Waals surface area contributed by atoms with Gasteiger partial charge in [-0.2, -0.15) is 0 Å². The summed E-state index contributed by atoms with van der Waals surface area (Å²) >= 11 is 2.49. The van der Waals surface area contributed by atoms with E-state index in [2.05, 4.69) is 15.5 Å². The van der Waals surface area contributed by atoms with Gasteiger partial charge in [-0.3, -0.25) is 14.5 Å². The highest BCUT2D eigenvalue weighted by Gasteiger charge is 2.53. The number of allylic oxidation sites excluding steroid dienone is 1. The Morgan fingerprint density at radius 2 is 2.19 bits per heavy atom. The van der Waals surface area contributed by atoms with Gasteiger partial charge in [-0.25, -0.2) is 4.98 Å². The first-order valence-electron chi connectivity index (χ1n) is 9.53. The fraction of sp³-hybridized carbons (Fsp3) is 0.421. The Hall–Kier alpha value is -2.90. The quantitative estimate of drug-likeness (QED) is 0.203. The molecule has 3 N–H and O–H groups in total. The number of carboxylic acid groups (broad SMARTS) is 1. The van der Waals surface area contributed by atoms with Crippen molar-refractivity contribution in [1.29, 1.82) is 0 Å². The standard InChI is InChI=1S/C19H24N6O5S2/c1-25(2,3)7-5-6-10-8-31-17-13(16(27)24(17)14(10)18(28)29)22-15(26)12(23-30-4)11-9-32-19(20)21-11/h5-6,9,13,17H,7-8H2,1-4H3,(H3-,20,21,22,26,28,29)/b6-5+,23-12-/t13?,17-/m1/s1. The number of β-lactam (4-membered cyclic amide) rings is 1. The second kappa shape index (κ2) is 9.30. The largest absolute Gasteiger partial charge is 0.543 e. The molecule has 0 saturated carbocycles. The van der Waals surface area contributed by atoms with Gasteiger partial charge in [0.25, 0.3) is 11.8 Å². The van der Waals surface area contributed by atoms with Gasteiger partial charge in [0, 0.05) is 11.1 Å². The number of aromatic nitrogens is 1. The molecule has 32 heavy (non-hydrogen) atoms. The third-order valence-electron chi connectivity index (χ3n) is 4.61. The van der Waals surface area contributed by atoms with E-state index in [-0.39, 0.29) is 22.2 Å². The summed E-state index contributed by atoms with van der Waals surface area (Å²) in [6.07, 6.45) is 3.59. The Kier molecular flexibility index (Phi) is 6.91. The van der Waals surface area contributed by atoms with Crippen LogP contribution >= 0.6 is 23.1 Å². The third-order valence-corrected chi connectivity index (χ3v) is 6.59. The second-order valence-corrected chi connectivity index (χ2v) is 10.1. The first-order valence-corrected chi connectivity index (χ1v) is 11.5. The number of amides is 2. The first-order chi connectivity index (χ1) is 15.0. The zero-order valence-corrected chi connectivity index (χ0v) is 19.7. The lowest BCUT2D eigenvalue weighted by atomic mass is 10.0. The molecule has 2 aliphatic heterocycles. The van der Waals surface area contributed by atoms with Gasteiger partial charge in [-0.1, -0.05) is 11.2 Å². The number of nitrogens with two attached hydrogens (primary N) is 1. The lowest BCUT2D eigenvalue weighted by molar-refractivity contribution is -0.864. The van der Waals surface area contributed by atoms with Crippen LogP contribution < -0.4 is 16.2 Å². The van der Waals surface area contributed by atoms with Gasteiger partial charge < -0.3 is 30.3 Å². The van der Waals surface area contributed by atoms with Crippen LogP contribution in [0.2, 0.25) is 0 Å². The number of carbonyl (C=O) groups excluding carboxylic acids is 3. The summed E-state index contributed by atoms with van der Waals surface area (Å²) in [6, 6.07) is -0.920. The molecule has 1 aromatic heterocycles. The molecule has 1 saturated heterocycles. The fourth-order valence-electron chi connectivity index (χ4n) is 3.17. The molecule has 13 heteroatoms. The van der Waals surface area contributed by atoms with Crippen molar-refractivity contribution in [3.8, 4) is 0 Å². The minimum atomic E-state index is -1.43. The zero-order valence-electron chi connectivity index (χ0n) is 18.0. The number of nitrogens with one attached hydrogen (secondary N) is 1. The molecule has 2 atom stereocenters. The normalized spacial score (nSPS) is 21.4. The van der Waals surface area contributed by atoms with E-state index in [4.69, 9.17) is 10.6 Å². The number of nitrogens with zero attached hydrogens (tertiary/aromatic N) is 4. The maximum atomic E-state index is 12.8. The van der Waals surface area contributed by atoms with Crippen molar-refractivity contribution in [2.75, 3.05) is 46.3 Å². The summed E-state index contributed by atoms with van der Waals surface area (Å²) in [4.78, 5) is 47.3. The Morgan fingerprint density at radius 3 is 2.75 bits per heavy atom. The van der Waals surface area contributed by atoms with Crippen molar-refractivity contribution in [3.05, 3.63) is 34.5 Å². The molecule has 0 spiro atoms. The van der Waals surface area contributed by atoms with Gasteiger partial charge in [0.2, 0.25) is 0 Å². The van der Waals surface area contributed by atoms with E-state index >= 15 is 0 Å². The van der Waals surface area contributed by atoms with Crippen LogP contribution in [-0.4, -0.2) is 89.8 Å². The monoisotopic (exact) mass is 480 g/mol. The van der Waals surface area contributed by atoms with Gasteiger partial charge in [0.05, 0.1) is 39.4 Å². The number of aliphatic carboxylic acids is 1. The minimum Gasteiger partial charge on any atom is -0.543 e. The van der Waals surface area contributed by atoms with Crippen LogP contribution in [0, 0.1) is 0 Å². The average molecular weight is 481 g/mol. The molecule has 11 nitrogen and oxygen atoms in total. The number of rotatable bonds is 8. The Labute approximate surface area is 193 Å². The molecule has 0 aliphatic carbocycles. The van der Waals surface area contributed by atoms with Crippen molar-refractivity contribution < 1.29 is 28.8 Å². The van der Waals surface area contributed by atoms with Gasteiger partial charge in [-0.05, 0) is 11.6 Å². The van der Waals surface area contributed by atoms with Crippen LogP contribution in [0.1, 0.15) is 5.69 Å².